The molecule has 0 saturated carbocycles. The predicted molar refractivity (Wildman–Crippen MR) is 96.5 cm³/mol. The monoisotopic (exact) mass is 449 g/mol. The van der Waals surface area contributed by atoms with E-state index in [0.29, 0.717) is 5.56 Å². The van der Waals surface area contributed by atoms with Crippen LogP contribution in [0.2, 0.25) is 0 Å². The van der Waals surface area contributed by atoms with Gasteiger partial charge in [0.05, 0.1) is 17.6 Å². The number of nitrogens with zero attached hydrogens (tertiary/aromatic N) is 3. The average molecular weight is 450 g/mol. The van der Waals surface area contributed by atoms with Crippen LogP contribution in [0.1, 0.15) is 27.6 Å². The maximum atomic E-state index is 13.1. The molecular formula is C15H14ClF2N5O5S. The van der Waals surface area contributed by atoms with Crippen LogP contribution in [0.5, 0.6) is 0 Å². The van der Waals surface area contributed by atoms with Crippen LogP contribution >= 0.6 is 11.6 Å². The van der Waals surface area contributed by atoms with Crippen LogP contribution < -0.4 is 10.8 Å². The molecule has 0 spiro atoms. The largest absolute Gasteiger partial charge is 0.465 e. The average Bonchev–Trinajstić information content (AvgIpc) is 2.64. The van der Waals surface area contributed by atoms with Gasteiger partial charge in [0.15, 0.2) is 0 Å². The summed E-state index contributed by atoms with van der Waals surface area (Å²) in [6.45, 7) is 3.00. The second kappa shape index (κ2) is 9.15. The van der Waals surface area contributed by atoms with Crippen molar-refractivity contribution in [1.82, 2.24) is 20.4 Å². The molecule has 29 heavy (non-hydrogen) atoms. The van der Waals surface area contributed by atoms with Gasteiger partial charge in [-0.3, -0.25) is 5.32 Å². The first-order valence-electron chi connectivity index (χ1n) is 7.66. The molecular weight excluding hydrogens is 436 g/mol. The molecule has 0 saturated heterocycles. The molecule has 0 fully saturated rings. The second-order valence-corrected chi connectivity index (χ2v) is 6.94. The fourth-order valence-corrected chi connectivity index (χ4v) is 2.80. The highest BCUT2D eigenvalue weighted by molar-refractivity contribution is 7.80. The Labute approximate surface area is 170 Å². The lowest BCUT2D eigenvalue weighted by atomic mass is 10.1. The molecule has 156 valence electrons. The van der Waals surface area contributed by atoms with Crippen molar-refractivity contribution in [1.29, 1.82) is 0 Å². The van der Waals surface area contributed by atoms with Crippen molar-refractivity contribution < 1.29 is 31.6 Å². The number of halogens is 3. The number of anilines is 1. The number of nitrogens with one attached hydrogen (secondary N) is 2. The van der Waals surface area contributed by atoms with Gasteiger partial charge in [0.1, 0.15) is 5.82 Å². The number of aromatic nitrogens is 3. The number of benzene rings is 1. The number of methoxy groups -OCH3 is 1. The van der Waals surface area contributed by atoms with E-state index in [0.717, 1.165) is 7.11 Å². The van der Waals surface area contributed by atoms with E-state index in [-0.39, 0.29) is 16.3 Å². The molecule has 0 aliphatic rings. The van der Waals surface area contributed by atoms with Gasteiger partial charge >= 0.3 is 17.4 Å². The topological polar surface area (TPSA) is 132 Å². The van der Waals surface area contributed by atoms with Gasteiger partial charge in [-0.1, -0.05) is 11.6 Å². The van der Waals surface area contributed by atoms with Crippen molar-refractivity contribution in [3.8, 4) is 0 Å². The van der Waals surface area contributed by atoms with Crippen LogP contribution in [-0.2, 0) is 25.5 Å². The first kappa shape index (κ1) is 22.5. The van der Waals surface area contributed by atoms with E-state index in [4.69, 9.17) is 15.9 Å². The molecule has 0 aliphatic carbocycles. The van der Waals surface area contributed by atoms with Gasteiger partial charge in [-0.2, -0.15) is 23.0 Å². The zero-order chi connectivity index (χ0) is 21.8. The Morgan fingerprint density at radius 2 is 1.90 bits per heavy atom. The first-order valence-corrected chi connectivity index (χ1v) is 9.11. The SMILES string of the molecule is COC(=O)c1cc(C)ccc1S(=O)ONC(=O)Nc1nc(C)nc(C(F)(F)Cl)n1. The maximum Gasteiger partial charge on any atom is 0.381 e. The molecule has 10 nitrogen and oxygen atoms in total. The molecule has 1 heterocycles. The summed E-state index contributed by atoms with van der Waals surface area (Å²) >= 11 is 2.56. The molecule has 0 bridgehead atoms. The fourth-order valence-electron chi connectivity index (χ4n) is 1.97. The number of carbonyl (C=O) groups excluding carboxylic acids is 2. The van der Waals surface area contributed by atoms with Crippen molar-refractivity contribution in [3.63, 3.8) is 0 Å². The lowest BCUT2D eigenvalue weighted by molar-refractivity contribution is 0.0596. The van der Waals surface area contributed by atoms with E-state index in [1.54, 1.807) is 18.5 Å². The minimum Gasteiger partial charge on any atom is -0.465 e. The zero-order valence-corrected chi connectivity index (χ0v) is 16.7. The highest BCUT2D eigenvalue weighted by atomic mass is 35.5. The molecule has 2 amide bonds. The van der Waals surface area contributed by atoms with Crippen LogP contribution in [0, 0.1) is 13.8 Å². The molecule has 1 unspecified atom stereocenters. The minimum absolute atomic E-state index is 0.0184. The number of rotatable bonds is 6. The van der Waals surface area contributed by atoms with Crippen molar-refractivity contribution in [2.75, 3.05) is 12.4 Å². The molecule has 14 heteroatoms. The molecule has 0 aliphatic heterocycles. The van der Waals surface area contributed by atoms with Gasteiger partial charge in [-0.05, 0) is 37.6 Å². The molecule has 2 N–H and O–H groups in total. The highest BCUT2D eigenvalue weighted by Gasteiger charge is 2.33. The Hall–Kier alpha value is -2.77. The Morgan fingerprint density at radius 1 is 1.21 bits per heavy atom. The van der Waals surface area contributed by atoms with E-state index in [1.165, 1.54) is 19.1 Å². The molecule has 2 aromatic rings. The number of carbonyl (C=O) groups is 2. The summed E-state index contributed by atoms with van der Waals surface area (Å²) in [5.74, 6) is -2.48. The maximum absolute atomic E-state index is 13.1. The van der Waals surface area contributed by atoms with Gasteiger partial charge in [-0.25, -0.2) is 24.3 Å². The van der Waals surface area contributed by atoms with Gasteiger partial charge < -0.3 is 4.74 Å². The van der Waals surface area contributed by atoms with Gasteiger partial charge in [0, 0.05) is 0 Å². The summed E-state index contributed by atoms with van der Waals surface area (Å²) < 4.78 is 47.9. The Morgan fingerprint density at radius 3 is 2.52 bits per heavy atom. The molecule has 2 rings (SSSR count). The smallest absolute Gasteiger partial charge is 0.381 e. The number of urea groups is 1. The van der Waals surface area contributed by atoms with Crippen molar-refractivity contribution in [3.05, 3.63) is 41.0 Å². The number of alkyl halides is 3. The number of hydrogen-bond acceptors (Lipinski definition) is 8. The van der Waals surface area contributed by atoms with Crippen LogP contribution in [-0.4, -0.2) is 38.3 Å². The molecule has 1 atom stereocenters. The number of amides is 2. The first-order chi connectivity index (χ1) is 13.5. The number of ether oxygens (including phenoxy) is 1. The number of aryl methyl sites for hydroxylation is 2. The molecule has 1 aromatic carbocycles. The standard InChI is InChI=1S/C15H14ClF2N5O5S/c1-7-4-5-10(9(6-7)11(24)27-3)29(26)28-23-14(25)22-13-20-8(2)19-12(21-13)15(16,17)18/h4-6H,1-3H3,(H2,19,20,21,22,23,25). The summed E-state index contributed by atoms with van der Waals surface area (Å²) in [6, 6.07) is 3.25. The van der Waals surface area contributed by atoms with E-state index in [9.17, 15) is 22.6 Å². The van der Waals surface area contributed by atoms with E-state index >= 15 is 0 Å². The summed E-state index contributed by atoms with van der Waals surface area (Å²) in [6.07, 6.45) is 0. The lowest BCUT2D eigenvalue weighted by Gasteiger charge is -2.11. The third-order valence-electron chi connectivity index (χ3n) is 3.16. The van der Waals surface area contributed by atoms with Gasteiger partial charge in [0.2, 0.25) is 22.9 Å². The number of hydroxylamine groups is 1. The summed E-state index contributed by atoms with van der Waals surface area (Å²) in [7, 11) is 1.15. The van der Waals surface area contributed by atoms with Crippen LogP contribution in [0.25, 0.3) is 0 Å². The van der Waals surface area contributed by atoms with E-state index < -0.39 is 40.2 Å². The van der Waals surface area contributed by atoms with Crippen LogP contribution in [0.15, 0.2) is 23.1 Å². The van der Waals surface area contributed by atoms with Crippen LogP contribution in [0.3, 0.4) is 0 Å². The van der Waals surface area contributed by atoms with Gasteiger partial charge in [-0.15, -0.1) is 0 Å². The quantitative estimate of drug-likeness (QED) is 0.390. The lowest BCUT2D eigenvalue weighted by Crippen LogP contribution is -2.31. The van der Waals surface area contributed by atoms with E-state index in [2.05, 4.69) is 19.7 Å². The predicted octanol–water partition coefficient (Wildman–Crippen LogP) is 2.34. The van der Waals surface area contributed by atoms with Gasteiger partial charge in [0.25, 0.3) is 0 Å². The summed E-state index contributed by atoms with van der Waals surface area (Å²) in [5.41, 5.74) is 2.47. The zero-order valence-electron chi connectivity index (χ0n) is 15.2. The Balaban J connectivity index is 2.08. The third kappa shape index (κ3) is 6.10. The second-order valence-electron chi connectivity index (χ2n) is 5.39. The fraction of sp³-hybridized carbons (Fsp3) is 0.267. The Bertz CT molecular complexity index is 973. The van der Waals surface area contributed by atoms with Crippen molar-refractivity contribution in [2.45, 2.75) is 24.1 Å². The normalized spacial score (nSPS) is 12.2. The minimum atomic E-state index is -3.87. The molecule has 0 radical (unpaired) electrons. The Kier molecular flexibility index (Phi) is 7.11. The molecule has 1 aromatic heterocycles. The summed E-state index contributed by atoms with van der Waals surface area (Å²) in [5, 5.41) is -1.86. The summed E-state index contributed by atoms with van der Waals surface area (Å²) in [4.78, 5) is 34.0. The van der Waals surface area contributed by atoms with Crippen molar-refractivity contribution >= 4 is 40.6 Å². The third-order valence-corrected chi connectivity index (χ3v) is 4.27. The van der Waals surface area contributed by atoms with Crippen molar-refractivity contribution in [2.24, 2.45) is 0 Å². The van der Waals surface area contributed by atoms with E-state index in [1.807, 2.05) is 5.32 Å². The van der Waals surface area contributed by atoms with Crippen LogP contribution in [0.4, 0.5) is 19.5 Å². The highest BCUT2D eigenvalue weighted by Crippen LogP contribution is 2.29. The number of esters is 1. The number of hydrogen-bond donors (Lipinski definition) is 2.